The van der Waals surface area contributed by atoms with Gasteiger partial charge in [0, 0.05) is 43.7 Å². The van der Waals surface area contributed by atoms with Gasteiger partial charge < -0.3 is 10.6 Å². The predicted octanol–water partition coefficient (Wildman–Crippen LogP) is 1.47. The fraction of sp³-hybridized carbons (Fsp3) is 0.364. The van der Waals surface area contributed by atoms with Gasteiger partial charge in [0.2, 0.25) is 5.91 Å². The van der Waals surface area contributed by atoms with E-state index in [-0.39, 0.29) is 11.6 Å². The van der Waals surface area contributed by atoms with Gasteiger partial charge in [-0.3, -0.25) is 14.9 Å². The number of hydrogen-bond donors (Lipinski definition) is 2. The zero-order valence-electron chi connectivity index (χ0n) is 9.90. The number of halogens is 1. The lowest BCUT2D eigenvalue weighted by molar-refractivity contribution is -0.384. The highest BCUT2D eigenvalue weighted by molar-refractivity contribution is 6.31. The molecule has 0 aliphatic carbocycles. The minimum Gasteiger partial charge on any atom is -0.359 e. The molecule has 0 aromatic heterocycles. The Balaban J connectivity index is 2.53. The first-order valence-electron chi connectivity index (χ1n) is 5.38. The summed E-state index contributed by atoms with van der Waals surface area (Å²) in [5.74, 6) is -0.0624. The molecule has 0 heterocycles. The van der Waals surface area contributed by atoms with Crippen LogP contribution in [-0.4, -0.2) is 24.4 Å². The minimum absolute atomic E-state index is 0.00232. The van der Waals surface area contributed by atoms with E-state index in [9.17, 15) is 14.9 Å². The molecule has 0 saturated carbocycles. The fourth-order valence-corrected chi connectivity index (χ4v) is 1.54. The van der Waals surface area contributed by atoms with Crippen molar-refractivity contribution >= 4 is 23.2 Å². The molecule has 0 aliphatic rings. The summed E-state index contributed by atoms with van der Waals surface area (Å²) in [7, 11) is 1.57. The molecule has 7 heteroatoms. The number of rotatable bonds is 6. The van der Waals surface area contributed by atoms with E-state index in [1.165, 1.54) is 18.2 Å². The van der Waals surface area contributed by atoms with Crippen LogP contribution in [0, 0.1) is 10.1 Å². The Kier molecular flexibility index (Phi) is 5.54. The van der Waals surface area contributed by atoms with Crippen LogP contribution in [0.15, 0.2) is 18.2 Å². The summed E-state index contributed by atoms with van der Waals surface area (Å²) in [4.78, 5) is 21.1. The molecule has 0 aliphatic heterocycles. The van der Waals surface area contributed by atoms with Crippen LogP contribution in [0.1, 0.15) is 12.0 Å². The minimum atomic E-state index is -0.468. The third-order valence-corrected chi connectivity index (χ3v) is 2.73. The third-order valence-electron chi connectivity index (χ3n) is 2.36. The Morgan fingerprint density at radius 2 is 2.22 bits per heavy atom. The van der Waals surface area contributed by atoms with E-state index in [1.54, 1.807) is 7.05 Å². The van der Waals surface area contributed by atoms with E-state index in [4.69, 9.17) is 11.6 Å². The Morgan fingerprint density at radius 1 is 1.50 bits per heavy atom. The largest absolute Gasteiger partial charge is 0.359 e. The van der Waals surface area contributed by atoms with Gasteiger partial charge in [0.15, 0.2) is 0 Å². The van der Waals surface area contributed by atoms with Crippen molar-refractivity contribution in [2.45, 2.75) is 13.0 Å². The van der Waals surface area contributed by atoms with Gasteiger partial charge >= 0.3 is 0 Å². The molecule has 1 aromatic carbocycles. The fourth-order valence-electron chi connectivity index (χ4n) is 1.36. The first-order chi connectivity index (χ1) is 8.54. The SMILES string of the molecule is CNC(=O)CCNCc1cc([N+](=O)[O-])ccc1Cl. The van der Waals surface area contributed by atoms with E-state index in [0.29, 0.717) is 30.1 Å². The van der Waals surface area contributed by atoms with Crippen LogP contribution < -0.4 is 10.6 Å². The van der Waals surface area contributed by atoms with Gasteiger partial charge in [-0.05, 0) is 11.6 Å². The lowest BCUT2D eigenvalue weighted by Crippen LogP contribution is -2.24. The highest BCUT2D eigenvalue weighted by atomic mass is 35.5. The number of non-ortho nitro benzene ring substituents is 1. The first-order valence-corrected chi connectivity index (χ1v) is 5.76. The highest BCUT2D eigenvalue weighted by Crippen LogP contribution is 2.21. The lowest BCUT2D eigenvalue weighted by Gasteiger charge is -2.06. The second-order valence-electron chi connectivity index (χ2n) is 3.63. The maximum absolute atomic E-state index is 11.0. The van der Waals surface area contributed by atoms with Crippen molar-refractivity contribution in [1.29, 1.82) is 0 Å². The van der Waals surface area contributed by atoms with E-state index >= 15 is 0 Å². The van der Waals surface area contributed by atoms with Crippen LogP contribution in [-0.2, 0) is 11.3 Å². The van der Waals surface area contributed by atoms with Gasteiger partial charge in [-0.25, -0.2) is 0 Å². The molecule has 2 N–H and O–H groups in total. The normalized spacial score (nSPS) is 10.1. The second-order valence-corrected chi connectivity index (χ2v) is 4.04. The summed E-state index contributed by atoms with van der Waals surface area (Å²) in [6.45, 7) is 0.871. The summed E-state index contributed by atoms with van der Waals surface area (Å²) in [6, 6.07) is 4.28. The van der Waals surface area contributed by atoms with Crippen LogP contribution in [0.5, 0.6) is 0 Å². The van der Waals surface area contributed by atoms with Crippen LogP contribution in [0.25, 0.3) is 0 Å². The zero-order chi connectivity index (χ0) is 13.5. The molecule has 0 radical (unpaired) electrons. The molecule has 0 unspecified atom stereocenters. The Hall–Kier alpha value is -1.66. The number of nitrogens with zero attached hydrogens (tertiary/aromatic N) is 1. The van der Waals surface area contributed by atoms with Gasteiger partial charge in [-0.2, -0.15) is 0 Å². The predicted molar refractivity (Wildman–Crippen MR) is 68.5 cm³/mol. The Labute approximate surface area is 109 Å². The number of carbonyl (C=O) groups is 1. The van der Waals surface area contributed by atoms with Crippen LogP contribution >= 0.6 is 11.6 Å². The van der Waals surface area contributed by atoms with Crippen molar-refractivity contribution in [2.75, 3.05) is 13.6 Å². The Bertz CT molecular complexity index is 451. The molecule has 6 nitrogen and oxygen atoms in total. The van der Waals surface area contributed by atoms with Crippen molar-refractivity contribution in [1.82, 2.24) is 10.6 Å². The molecule has 1 amide bonds. The van der Waals surface area contributed by atoms with Crippen molar-refractivity contribution in [2.24, 2.45) is 0 Å². The van der Waals surface area contributed by atoms with E-state index in [0.717, 1.165) is 0 Å². The molecule has 0 saturated heterocycles. The smallest absolute Gasteiger partial charge is 0.269 e. The molecule has 1 aromatic rings. The summed E-state index contributed by atoms with van der Waals surface area (Å²) in [6.07, 6.45) is 0.350. The lowest BCUT2D eigenvalue weighted by atomic mass is 10.2. The molecule has 0 bridgehead atoms. The molecular formula is C11H14ClN3O3. The van der Waals surface area contributed by atoms with Gasteiger partial charge in [0.25, 0.3) is 5.69 Å². The topological polar surface area (TPSA) is 84.3 Å². The van der Waals surface area contributed by atoms with Crippen LogP contribution in [0.3, 0.4) is 0 Å². The molecular weight excluding hydrogens is 258 g/mol. The van der Waals surface area contributed by atoms with Crippen LogP contribution in [0.4, 0.5) is 5.69 Å². The molecule has 98 valence electrons. The molecule has 0 atom stereocenters. The van der Waals surface area contributed by atoms with Gasteiger partial charge in [0.05, 0.1) is 4.92 Å². The Morgan fingerprint density at radius 3 is 2.83 bits per heavy atom. The van der Waals surface area contributed by atoms with Crippen molar-refractivity contribution < 1.29 is 9.72 Å². The summed E-state index contributed by atoms with van der Waals surface area (Å²) in [5, 5.41) is 16.6. The maximum atomic E-state index is 11.0. The first kappa shape index (κ1) is 14.4. The number of nitro benzene ring substituents is 1. The number of carbonyl (C=O) groups excluding carboxylic acids is 1. The van der Waals surface area contributed by atoms with E-state index < -0.39 is 4.92 Å². The summed E-state index contributed by atoms with van der Waals surface area (Å²) >= 11 is 5.93. The zero-order valence-corrected chi connectivity index (χ0v) is 10.7. The average molecular weight is 272 g/mol. The maximum Gasteiger partial charge on any atom is 0.269 e. The monoisotopic (exact) mass is 271 g/mol. The van der Waals surface area contributed by atoms with Crippen molar-refractivity contribution in [3.8, 4) is 0 Å². The van der Waals surface area contributed by atoms with Crippen LogP contribution in [0.2, 0.25) is 5.02 Å². The molecule has 1 rings (SSSR count). The summed E-state index contributed by atoms with van der Waals surface area (Å²) < 4.78 is 0. The number of hydrogen-bond acceptors (Lipinski definition) is 4. The average Bonchev–Trinajstić information content (AvgIpc) is 2.35. The third kappa shape index (κ3) is 4.31. The number of amides is 1. The molecule has 0 spiro atoms. The standard InChI is InChI=1S/C11H14ClN3O3/c1-13-11(16)4-5-14-7-8-6-9(15(17)18)2-3-10(8)12/h2-3,6,14H,4-5,7H2,1H3,(H,13,16). The number of nitrogens with one attached hydrogen (secondary N) is 2. The molecule has 0 fully saturated rings. The summed E-state index contributed by atoms with van der Waals surface area (Å²) in [5.41, 5.74) is 0.644. The van der Waals surface area contributed by atoms with Gasteiger partial charge in [0.1, 0.15) is 0 Å². The number of nitro groups is 1. The quantitative estimate of drug-likeness (QED) is 0.466. The highest BCUT2D eigenvalue weighted by Gasteiger charge is 2.09. The van der Waals surface area contributed by atoms with Crippen molar-refractivity contribution in [3.63, 3.8) is 0 Å². The van der Waals surface area contributed by atoms with Crippen molar-refractivity contribution in [3.05, 3.63) is 38.9 Å². The van der Waals surface area contributed by atoms with E-state index in [2.05, 4.69) is 10.6 Å². The second kappa shape index (κ2) is 6.93. The van der Waals surface area contributed by atoms with E-state index in [1.807, 2.05) is 0 Å². The number of benzene rings is 1. The van der Waals surface area contributed by atoms with Gasteiger partial charge in [-0.1, -0.05) is 11.6 Å². The molecule has 18 heavy (non-hydrogen) atoms. The van der Waals surface area contributed by atoms with Gasteiger partial charge in [-0.15, -0.1) is 0 Å².